The van der Waals surface area contributed by atoms with Crippen LogP contribution in [0.1, 0.15) is 19.5 Å². The number of nitrogens with one attached hydrogen (secondary N) is 2. The number of pyridine rings is 1. The monoisotopic (exact) mass is 361 g/mol. The molecule has 0 aliphatic carbocycles. The lowest BCUT2D eigenvalue weighted by atomic mass is 10.1. The van der Waals surface area contributed by atoms with Crippen LogP contribution in [0.5, 0.6) is 5.75 Å². The molecule has 1 aromatic heterocycles. The van der Waals surface area contributed by atoms with Gasteiger partial charge < -0.3 is 15.4 Å². The lowest BCUT2D eigenvalue weighted by molar-refractivity contribution is 0.242. The first kappa shape index (κ1) is 18.5. The molecule has 2 N–H and O–H groups in total. The largest absolute Gasteiger partial charge is 0.491 e. The molecular formula is C22H23N3O2. The molecule has 0 saturated heterocycles. The van der Waals surface area contributed by atoms with Crippen LogP contribution >= 0.6 is 0 Å². The molecular weight excluding hydrogens is 338 g/mol. The van der Waals surface area contributed by atoms with Gasteiger partial charge in [0.25, 0.3) is 0 Å². The van der Waals surface area contributed by atoms with Crippen molar-refractivity contribution in [3.05, 3.63) is 72.6 Å². The van der Waals surface area contributed by atoms with E-state index in [1.54, 1.807) is 12.3 Å². The van der Waals surface area contributed by atoms with Crippen LogP contribution in [0.15, 0.2) is 66.9 Å². The van der Waals surface area contributed by atoms with Gasteiger partial charge in [0.1, 0.15) is 5.75 Å². The minimum atomic E-state index is -0.302. The maximum atomic E-state index is 12.2. The Bertz CT molecular complexity index is 921. The van der Waals surface area contributed by atoms with Gasteiger partial charge in [-0.25, -0.2) is 4.79 Å². The summed E-state index contributed by atoms with van der Waals surface area (Å²) in [6.45, 7) is 5.89. The molecule has 0 aliphatic rings. The molecule has 3 aromatic rings. The summed E-state index contributed by atoms with van der Waals surface area (Å²) < 4.78 is 5.64. The zero-order valence-corrected chi connectivity index (χ0v) is 15.7. The van der Waals surface area contributed by atoms with Crippen molar-refractivity contribution in [3.8, 4) is 16.9 Å². The lowest BCUT2D eigenvalue weighted by Crippen LogP contribution is -2.19. The van der Waals surface area contributed by atoms with E-state index in [1.165, 1.54) is 0 Å². The first-order chi connectivity index (χ1) is 13.0. The van der Waals surface area contributed by atoms with E-state index >= 15 is 0 Å². The molecule has 5 heteroatoms. The molecule has 138 valence electrons. The molecule has 2 amide bonds. The van der Waals surface area contributed by atoms with Crippen LogP contribution in [-0.2, 0) is 0 Å². The van der Waals surface area contributed by atoms with E-state index in [9.17, 15) is 4.79 Å². The van der Waals surface area contributed by atoms with E-state index in [2.05, 4.69) is 15.6 Å². The Labute approximate surface area is 159 Å². The number of ether oxygens (including phenoxy) is 1. The smallest absolute Gasteiger partial charge is 0.323 e. The van der Waals surface area contributed by atoms with E-state index in [0.29, 0.717) is 5.69 Å². The lowest BCUT2D eigenvalue weighted by Gasteiger charge is -2.12. The normalized spacial score (nSPS) is 10.5. The molecule has 0 bridgehead atoms. The molecule has 0 radical (unpaired) electrons. The number of carbonyl (C=O) groups is 1. The van der Waals surface area contributed by atoms with Crippen molar-refractivity contribution in [2.24, 2.45) is 0 Å². The van der Waals surface area contributed by atoms with Crippen molar-refractivity contribution in [1.29, 1.82) is 0 Å². The number of rotatable bonds is 5. The van der Waals surface area contributed by atoms with Crippen molar-refractivity contribution in [1.82, 2.24) is 4.98 Å². The SMILES string of the molecule is Cc1cc(-c2ccc(NC(=O)Nc3cccc(OC(C)C)c3)cc2)ccn1. The summed E-state index contributed by atoms with van der Waals surface area (Å²) in [7, 11) is 0. The van der Waals surface area contributed by atoms with Gasteiger partial charge in [0.2, 0.25) is 0 Å². The third kappa shape index (κ3) is 5.31. The Morgan fingerprint density at radius 3 is 2.37 bits per heavy atom. The molecule has 3 rings (SSSR count). The highest BCUT2D eigenvalue weighted by Gasteiger charge is 2.05. The van der Waals surface area contributed by atoms with Crippen molar-refractivity contribution >= 4 is 17.4 Å². The van der Waals surface area contributed by atoms with E-state index in [-0.39, 0.29) is 12.1 Å². The Morgan fingerprint density at radius 2 is 1.67 bits per heavy atom. The van der Waals surface area contributed by atoms with Gasteiger partial charge in [-0.2, -0.15) is 0 Å². The summed E-state index contributed by atoms with van der Waals surface area (Å²) in [6, 6.07) is 18.7. The molecule has 0 fully saturated rings. The molecule has 27 heavy (non-hydrogen) atoms. The first-order valence-corrected chi connectivity index (χ1v) is 8.87. The quantitative estimate of drug-likeness (QED) is 0.632. The number of nitrogens with zero attached hydrogens (tertiary/aromatic N) is 1. The topological polar surface area (TPSA) is 63.2 Å². The highest BCUT2D eigenvalue weighted by Crippen LogP contribution is 2.22. The van der Waals surface area contributed by atoms with Crippen LogP contribution in [0, 0.1) is 6.92 Å². The fourth-order valence-corrected chi connectivity index (χ4v) is 2.68. The molecule has 2 aromatic carbocycles. The third-order valence-corrected chi connectivity index (χ3v) is 3.84. The highest BCUT2D eigenvalue weighted by molar-refractivity contribution is 6.00. The predicted octanol–water partition coefficient (Wildman–Crippen LogP) is 5.49. The van der Waals surface area contributed by atoms with Gasteiger partial charge in [0.05, 0.1) is 6.10 Å². The summed E-state index contributed by atoms with van der Waals surface area (Å²) in [6.07, 6.45) is 1.87. The Balaban J connectivity index is 1.63. The standard InChI is InChI=1S/C22H23N3O2/c1-15(2)27-21-6-4-5-20(14-21)25-22(26)24-19-9-7-17(8-10-19)18-11-12-23-16(3)13-18/h4-15H,1-3H3,(H2,24,25,26). The maximum Gasteiger partial charge on any atom is 0.323 e. The van der Waals surface area contributed by atoms with Crippen LogP contribution < -0.4 is 15.4 Å². The average Bonchev–Trinajstić information content (AvgIpc) is 2.62. The van der Waals surface area contributed by atoms with Crippen LogP contribution in [0.2, 0.25) is 0 Å². The number of benzene rings is 2. The Hall–Kier alpha value is -3.34. The number of hydrogen-bond acceptors (Lipinski definition) is 3. The second kappa shape index (κ2) is 8.36. The molecule has 5 nitrogen and oxygen atoms in total. The van der Waals surface area contributed by atoms with Crippen molar-refractivity contribution in [3.63, 3.8) is 0 Å². The van der Waals surface area contributed by atoms with Crippen LogP contribution in [0.4, 0.5) is 16.2 Å². The fourth-order valence-electron chi connectivity index (χ4n) is 2.68. The molecule has 0 aliphatic heterocycles. The number of anilines is 2. The summed E-state index contributed by atoms with van der Waals surface area (Å²) in [5.41, 5.74) is 4.54. The summed E-state index contributed by atoms with van der Waals surface area (Å²) >= 11 is 0. The molecule has 0 unspecified atom stereocenters. The van der Waals surface area contributed by atoms with Crippen molar-refractivity contribution in [2.45, 2.75) is 26.9 Å². The van der Waals surface area contributed by atoms with Crippen LogP contribution in [0.25, 0.3) is 11.1 Å². The number of aromatic nitrogens is 1. The van der Waals surface area contributed by atoms with Crippen molar-refractivity contribution < 1.29 is 9.53 Å². The number of urea groups is 1. The third-order valence-electron chi connectivity index (χ3n) is 3.84. The number of hydrogen-bond donors (Lipinski definition) is 2. The zero-order valence-electron chi connectivity index (χ0n) is 15.7. The second-order valence-electron chi connectivity index (χ2n) is 6.54. The average molecular weight is 361 g/mol. The Kier molecular flexibility index (Phi) is 5.71. The van der Waals surface area contributed by atoms with Gasteiger partial charge in [0, 0.05) is 29.3 Å². The van der Waals surface area contributed by atoms with E-state index in [1.807, 2.05) is 75.4 Å². The number of carbonyl (C=O) groups excluding carboxylic acids is 1. The van der Waals surface area contributed by atoms with E-state index < -0.39 is 0 Å². The van der Waals surface area contributed by atoms with Crippen molar-refractivity contribution in [2.75, 3.05) is 10.6 Å². The maximum absolute atomic E-state index is 12.2. The van der Waals surface area contributed by atoms with Crippen LogP contribution in [-0.4, -0.2) is 17.1 Å². The van der Waals surface area contributed by atoms with Gasteiger partial charge in [-0.05, 0) is 68.3 Å². The predicted molar refractivity (Wildman–Crippen MR) is 109 cm³/mol. The summed E-state index contributed by atoms with van der Waals surface area (Å²) in [5.74, 6) is 0.722. The van der Waals surface area contributed by atoms with Gasteiger partial charge in [-0.3, -0.25) is 4.98 Å². The first-order valence-electron chi connectivity index (χ1n) is 8.87. The summed E-state index contributed by atoms with van der Waals surface area (Å²) in [4.78, 5) is 16.5. The number of amides is 2. The molecule has 1 heterocycles. The van der Waals surface area contributed by atoms with Gasteiger partial charge in [0.15, 0.2) is 0 Å². The molecule has 0 spiro atoms. The van der Waals surface area contributed by atoms with E-state index in [4.69, 9.17) is 4.74 Å². The Morgan fingerprint density at radius 1 is 0.926 bits per heavy atom. The molecule has 0 saturated carbocycles. The van der Waals surface area contributed by atoms with Gasteiger partial charge >= 0.3 is 6.03 Å². The minimum Gasteiger partial charge on any atom is -0.491 e. The zero-order chi connectivity index (χ0) is 19.2. The summed E-state index contributed by atoms with van der Waals surface area (Å²) in [5, 5.41) is 5.66. The highest BCUT2D eigenvalue weighted by atomic mass is 16.5. The van der Waals surface area contributed by atoms with Gasteiger partial charge in [-0.1, -0.05) is 18.2 Å². The van der Waals surface area contributed by atoms with E-state index in [0.717, 1.165) is 28.3 Å². The second-order valence-corrected chi connectivity index (χ2v) is 6.54. The van der Waals surface area contributed by atoms with Gasteiger partial charge in [-0.15, -0.1) is 0 Å². The fraction of sp³-hybridized carbons (Fsp3) is 0.182. The minimum absolute atomic E-state index is 0.0803. The molecule has 0 atom stereocenters. The number of aryl methyl sites for hydroxylation is 1. The van der Waals surface area contributed by atoms with Crippen LogP contribution in [0.3, 0.4) is 0 Å².